The van der Waals surface area contributed by atoms with Gasteiger partial charge in [0.2, 0.25) is 0 Å². The first-order valence-corrected chi connectivity index (χ1v) is 7.19. The molecular weight excluding hydrogens is 328 g/mol. The van der Waals surface area contributed by atoms with Crippen LogP contribution < -0.4 is 5.73 Å². The second-order valence-electron chi connectivity index (χ2n) is 4.93. The lowest BCUT2D eigenvalue weighted by Crippen LogP contribution is -2.51. The predicted molar refractivity (Wildman–Crippen MR) is 83.7 cm³/mol. The molecule has 0 radical (unpaired) electrons. The van der Waals surface area contributed by atoms with Crippen LogP contribution in [0, 0.1) is 5.92 Å². The van der Waals surface area contributed by atoms with E-state index in [1.165, 1.54) is 0 Å². The van der Waals surface area contributed by atoms with Gasteiger partial charge in [0.25, 0.3) is 5.91 Å². The van der Waals surface area contributed by atoms with Crippen LogP contribution in [-0.4, -0.2) is 29.9 Å². The third-order valence-corrected chi connectivity index (χ3v) is 4.18. The van der Waals surface area contributed by atoms with E-state index in [1.54, 1.807) is 0 Å². The summed E-state index contributed by atoms with van der Waals surface area (Å²) in [5.41, 5.74) is 6.56. The standard InChI is InChI=1S/C14H19BrN2O.ClH/c1-10-4-3-7-17(13(10)9-16)14(18)11-5-2-6-12(15)8-11;/h2,5-6,8,10,13H,3-4,7,9,16H2,1H3;1H. The Labute approximate surface area is 129 Å². The Morgan fingerprint density at radius 2 is 2.26 bits per heavy atom. The molecule has 0 saturated carbocycles. The summed E-state index contributed by atoms with van der Waals surface area (Å²) in [5.74, 6) is 0.582. The minimum absolute atomic E-state index is 0. The Hall–Kier alpha value is -0.580. The fraction of sp³-hybridized carbons (Fsp3) is 0.500. The molecule has 0 aliphatic carbocycles. The van der Waals surface area contributed by atoms with E-state index in [0.717, 1.165) is 29.4 Å². The van der Waals surface area contributed by atoms with Gasteiger partial charge in [0.1, 0.15) is 0 Å². The van der Waals surface area contributed by atoms with E-state index in [4.69, 9.17) is 5.73 Å². The Bertz CT molecular complexity index is 441. The zero-order valence-corrected chi connectivity index (χ0v) is 13.4. The molecule has 5 heteroatoms. The summed E-state index contributed by atoms with van der Waals surface area (Å²) in [6.07, 6.45) is 2.22. The number of likely N-dealkylation sites (tertiary alicyclic amines) is 1. The van der Waals surface area contributed by atoms with Crippen molar-refractivity contribution >= 4 is 34.2 Å². The predicted octanol–water partition coefficient (Wildman–Crippen LogP) is 3.07. The summed E-state index contributed by atoms with van der Waals surface area (Å²) in [7, 11) is 0. The molecule has 2 atom stereocenters. The topological polar surface area (TPSA) is 46.3 Å². The van der Waals surface area contributed by atoms with Crippen molar-refractivity contribution < 1.29 is 4.79 Å². The third kappa shape index (κ3) is 3.71. The lowest BCUT2D eigenvalue weighted by molar-refractivity contribution is 0.0532. The summed E-state index contributed by atoms with van der Waals surface area (Å²) in [6, 6.07) is 7.72. The first-order valence-electron chi connectivity index (χ1n) is 6.40. The molecule has 1 aliphatic heterocycles. The molecule has 1 saturated heterocycles. The van der Waals surface area contributed by atoms with Gasteiger partial charge in [0.05, 0.1) is 0 Å². The van der Waals surface area contributed by atoms with Gasteiger partial charge in [0, 0.05) is 29.2 Å². The first-order chi connectivity index (χ1) is 8.63. The van der Waals surface area contributed by atoms with Crippen LogP contribution in [0.1, 0.15) is 30.1 Å². The summed E-state index contributed by atoms with van der Waals surface area (Å²) < 4.78 is 0.933. The van der Waals surface area contributed by atoms with Crippen molar-refractivity contribution in [1.82, 2.24) is 4.90 Å². The summed E-state index contributed by atoms with van der Waals surface area (Å²) in [6.45, 7) is 3.54. The van der Waals surface area contributed by atoms with Crippen LogP contribution in [-0.2, 0) is 0 Å². The molecule has 0 spiro atoms. The number of rotatable bonds is 2. The van der Waals surface area contributed by atoms with Gasteiger partial charge >= 0.3 is 0 Å². The lowest BCUT2D eigenvalue weighted by atomic mass is 9.90. The van der Waals surface area contributed by atoms with Gasteiger partial charge in [-0.05, 0) is 37.0 Å². The third-order valence-electron chi connectivity index (χ3n) is 3.69. The zero-order chi connectivity index (χ0) is 13.1. The highest BCUT2D eigenvalue weighted by atomic mass is 79.9. The molecular formula is C14H20BrClN2O. The van der Waals surface area contributed by atoms with Crippen molar-refractivity contribution in [2.75, 3.05) is 13.1 Å². The Morgan fingerprint density at radius 3 is 2.89 bits per heavy atom. The van der Waals surface area contributed by atoms with Gasteiger partial charge in [-0.15, -0.1) is 12.4 Å². The molecule has 1 fully saturated rings. The van der Waals surface area contributed by atoms with Gasteiger partial charge in [-0.3, -0.25) is 4.79 Å². The normalized spacial score (nSPS) is 22.8. The summed E-state index contributed by atoms with van der Waals surface area (Å²) >= 11 is 3.40. The van der Waals surface area contributed by atoms with E-state index < -0.39 is 0 Å². The van der Waals surface area contributed by atoms with Crippen molar-refractivity contribution in [3.63, 3.8) is 0 Å². The summed E-state index contributed by atoms with van der Waals surface area (Å²) in [5, 5.41) is 0. The quantitative estimate of drug-likeness (QED) is 0.893. The van der Waals surface area contributed by atoms with Gasteiger partial charge in [-0.1, -0.05) is 28.9 Å². The minimum Gasteiger partial charge on any atom is -0.334 e. The lowest BCUT2D eigenvalue weighted by Gasteiger charge is -2.39. The van der Waals surface area contributed by atoms with Gasteiger partial charge in [-0.25, -0.2) is 0 Å². The number of benzene rings is 1. The maximum atomic E-state index is 12.5. The number of amides is 1. The maximum absolute atomic E-state index is 12.5. The Balaban J connectivity index is 0.00000180. The first kappa shape index (κ1) is 16.5. The number of hydrogen-bond acceptors (Lipinski definition) is 2. The van der Waals surface area contributed by atoms with Gasteiger partial charge in [0.15, 0.2) is 0 Å². The smallest absolute Gasteiger partial charge is 0.254 e. The van der Waals surface area contributed by atoms with E-state index in [-0.39, 0.29) is 24.4 Å². The molecule has 1 amide bonds. The number of halogens is 2. The van der Waals surface area contributed by atoms with Gasteiger partial charge < -0.3 is 10.6 Å². The molecule has 1 aromatic carbocycles. The molecule has 0 bridgehead atoms. The van der Waals surface area contributed by atoms with Crippen LogP contribution in [0.2, 0.25) is 0 Å². The van der Waals surface area contributed by atoms with Crippen molar-refractivity contribution in [1.29, 1.82) is 0 Å². The zero-order valence-electron chi connectivity index (χ0n) is 11.0. The van der Waals surface area contributed by atoms with E-state index in [9.17, 15) is 4.79 Å². The summed E-state index contributed by atoms with van der Waals surface area (Å²) in [4.78, 5) is 14.5. The largest absolute Gasteiger partial charge is 0.334 e. The molecule has 2 unspecified atom stereocenters. The number of carbonyl (C=O) groups excluding carboxylic acids is 1. The second-order valence-corrected chi connectivity index (χ2v) is 5.85. The maximum Gasteiger partial charge on any atom is 0.254 e. The van der Waals surface area contributed by atoms with E-state index in [0.29, 0.717) is 12.5 Å². The molecule has 106 valence electrons. The van der Waals surface area contributed by atoms with Crippen molar-refractivity contribution in [3.05, 3.63) is 34.3 Å². The molecule has 2 rings (SSSR count). The Morgan fingerprint density at radius 1 is 1.53 bits per heavy atom. The van der Waals surface area contributed by atoms with E-state index in [2.05, 4.69) is 22.9 Å². The average molecular weight is 348 g/mol. The SMILES string of the molecule is CC1CCCN(C(=O)c2cccc(Br)c2)C1CN.Cl. The average Bonchev–Trinajstić information content (AvgIpc) is 2.37. The van der Waals surface area contributed by atoms with Crippen molar-refractivity contribution in [2.45, 2.75) is 25.8 Å². The molecule has 1 heterocycles. The van der Waals surface area contributed by atoms with Crippen molar-refractivity contribution in [3.8, 4) is 0 Å². The van der Waals surface area contributed by atoms with Crippen LogP contribution in [0.15, 0.2) is 28.7 Å². The molecule has 1 aliphatic rings. The number of nitrogens with two attached hydrogens (primary N) is 1. The number of hydrogen-bond donors (Lipinski definition) is 1. The molecule has 19 heavy (non-hydrogen) atoms. The number of piperidine rings is 1. The second kappa shape index (κ2) is 7.27. The van der Waals surface area contributed by atoms with Crippen LogP contribution in [0.4, 0.5) is 0 Å². The highest BCUT2D eigenvalue weighted by Crippen LogP contribution is 2.25. The highest BCUT2D eigenvalue weighted by Gasteiger charge is 2.31. The monoisotopic (exact) mass is 346 g/mol. The molecule has 2 N–H and O–H groups in total. The molecule has 1 aromatic rings. The fourth-order valence-electron chi connectivity index (χ4n) is 2.65. The molecule has 0 aromatic heterocycles. The van der Waals surface area contributed by atoms with Crippen LogP contribution in [0.25, 0.3) is 0 Å². The number of carbonyl (C=O) groups is 1. The van der Waals surface area contributed by atoms with E-state index in [1.807, 2.05) is 29.2 Å². The van der Waals surface area contributed by atoms with E-state index >= 15 is 0 Å². The van der Waals surface area contributed by atoms with Crippen LogP contribution >= 0.6 is 28.3 Å². The Kier molecular flexibility index (Phi) is 6.30. The fourth-order valence-corrected chi connectivity index (χ4v) is 3.05. The van der Waals surface area contributed by atoms with Crippen molar-refractivity contribution in [2.24, 2.45) is 11.7 Å². The van der Waals surface area contributed by atoms with Gasteiger partial charge in [-0.2, -0.15) is 0 Å². The minimum atomic E-state index is 0. The van der Waals surface area contributed by atoms with Crippen LogP contribution in [0.5, 0.6) is 0 Å². The van der Waals surface area contributed by atoms with Crippen LogP contribution in [0.3, 0.4) is 0 Å². The highest BCUT2D eigenvalue weighted by molar-refractivity contribution is 9.10. The molecule has 3 nitrogen and oxygen atoms in total. The number of nitrogens with zero attached hydrogens (tertiary/aromatic N) is 1.